The number of ether oxygens (including phenoxy) is 1. The van der Waals surface area contributed by atoms with E-state index in [2.05, 4.69) is 36.8 Å². The molecule has 0 N–H and O–H groups in total. The van der Waals surface area contributed by atoms with E-state index in [9.17, 15) is 13.6 Å². The fourth-order valence-electron chi connectivity index (χ4n) is 2.96. The van der Waals surface area contributed by atoms with Crippen molar-refractivity contribution in [2.24, 2.45) is 9.98 Å². The summed E-state index contributed by atoms with van der Waals surface area (Å²) in [5.41, 5.74) is 5.89. The summed E-state index contributed by atoms with van der Waals surface area (Å²) in [6.45, 7) is 22.4. The molecule has 0 aliphatic carbocycles. The van der Waals surface area contributed by atoms with Crippen LogP contribution in [0.3, 0.4) is 0 Å². The molecule has 2 aromatic rings. The number of ketones is 1. The van der Waals surface area contributed by atoms with Crippen molar-refractivity contribution in [2.45, 2.75) is 67.2 Å². The first-order chi connectivity index (χ1) is 17.6. The zero-order valence-corrected chi connectivity index (χ0v) is 23.8. The second kappa shape index (κ2) is 20.7. The second-order valence-electron chi connectivity index (χ2n) is 7.71. The topological polar surface area (TPSA) is 51.0 Å². The van der Waals surface area contributed by atoms with Crippen LogP contribution in [0.4, 0.5) is 8.78 Å². The van der Waals surface area contributed by atoms with Gasteiger partial charge in [-0.25, -0.2) is 0 Å². The lowest BCUT2D eigenvalue weighted by Crippen LogP contribution is -2.13. The SMILES string of the molecule is C=C(C)c1ccc(CCC)c(C(C)=O)c1.C=C(OC(=NC)C(F)F)c1ccc(CC)cc1.C=NC.CC. The number of allylic oxidation sites excluding steroid dienone is 1. The van der Waals surface area contributed by atoms with Crippen LogP contribution >= 0.6 is 0 Å². The molecular weight excluding hydrogens is 470 g/mol. The Bertz CT molecular complexity index is 1010. The molecule has 4 nitrogen and oxygen atoms in total. The summed E-state index contributed by atoms with van der Waals surface area (Å²) < 4.78 is 29.7. The highest BCUT2D eigenvalue weighted by Crippen LogP contribution is 2.19. The maximum Gasteiger partial charge on any atom is 0.312 e. The average molecular weight is 515 g/mol. The van der Waals surface area contributed by atoms with Gasteiger partial charge in [-0.2, -0.15) is 8.78 Å². The molecule has 0 saturated carbocycles. The number of halogens is 2. The van der Waals surface area contributed by atoms with Gasteiger partial charge in [0, 0.05) is 25.2 Å². The molecule has 0 atom stereocenters. The third kappa shape index (κ3) is 14.0. The van der Waals surface area contributed by atoms with Crippen LogP contribution in [-0.2, 0) is 17.6 Å². The van der Waals surface area contributed by atoms with Crippen molar-refractivity contribution >= 4 is 29.7 Å². The number of hydrogen-bond donors (Lipinski definition) is 0. The number of carbonyl (C=O) groups excluding carboxylic acids is 1. The number of aryl methyl sites for hydroxylation is 2. The van der Waals surface area contributed by atoms with Crippen molar-refractivity contribution in [1.82, 2.24) is 0 Å². The van der Waals surface area contributed by atoms with E-state index in [4.69, 9.17) is 4.74 Å². The number of Topliss-reactive ketones (excluding diaryl/α,β-unsaturated/α-hetero) is 1. The van der Waals surface area contributed by atoms with Crippen LogP contribution in [0.1, 0.15) is 80.6 Å². The third-order valence-corrected chi connectivity index (χ3v) is 4.82. The maximum atomic E-state index is 12.4. The normalized spacial score (nSPS) is 9.97. The Morgan fingerprint density at radius 2 is 1.49 bits per heavy atom. The molecule has 0 amide bonds. The number of carbonyl (C=O) groups is 1. The molecule has 37 heavy (non-hydrogen) atoms. The van der Waals surface area contributed by atoms with Gasteiger partial charge in [-0.1, -0.05) is 89.2 Å². The molecule has 0 spiro atoms. The Morgan fingerprint density at radius 3 is 1.86 bits per heavy atom. The Hall–Kier alpha value is -3.41. The first-order valence-corrected chi connectivity index (χ1v) is 12.4. The molecule has 2 rings (SSSR count). The Kier molecular flexibility index (Phi) is 20.0. The molecule has 0 unspecified atom stereocenters. The van der Waals surface area contributed by atoms with Crippen molar-refractivity contribution in [3.8, 4) is 0 Å². The average Bonchev–Trinajstić information content (AvgIpc) is 2.89. The van der Waals surface area contributed by atoms with E-state index in [-0.39, 0.29) is 11.5 Å². The van der Waals surface area contributed by atoms with Crippen LogP contribution in [0, 0.1) is 0 Å². The first kappa shape index (κ1) is 35.8. The van der Waals surface area contributed by atoms with Crippen molar-refractivity contribution in [3.63, 3.8) is 0 Å². The number of alkyl halides is 2. The minimum atomic E-state index is -2.73. The van der Waals surface area contributed by atoms with E-state index in [1.807, 2.05) is 58.0 Å². The third-order valence-electron chi connectivity index (χ3n) is 4.82. The van der Waals surface area contributed by atoms with Gasteiger partial charge in [0.1, 0.15) is 5.76 Å². The highest BCUT2D eigenvalue weighted by atomic mass is 19.3. The minimum absolute atomic E-state index is 0.140. The lowest BCUT2D eigenvalue weighted by Gasteiger charge is -2.10. The summed E-state index contributed by atoms with van der Waals surface area (Å²) in [4.78, 5) is 18.1. The second-order valence-corrected chi connectivity index (χ2v) is 7.71. The van der Waals surface area contributed by atoms with Gasteiger partial charge >= 0.3 is 6.43 Å². The van der Waals surface area contributed by atoms with Crippen molar-refractivity contribution in [1.29, 1.82) is 0 Å². The zero-order valence-electron chi connectivity index (χ0n) is 23.8. The van der Waals surface area contributed by atoms with Gasteiger partial charge in [-0.05, 0) is 56.2 Å². The van der Waals surface area contributed by atoms with E-state index in [1.54, 1.807) is 26.1 Å². The Balaban J connectivity index is 0. The first-order valence-electron chi connectivity index (χ1n) is 12.4. The monoisotopic (exact) mass is 514 g/mol. The lowest BCUT2D eigenvalue weighted by atomic mass is 9.96. The van der Waals surface area contributed by atoms with Gasteiger partial charge in [-0.15, -0.1) is 0 Å². The number of rotatable bonds is 8. The predicted molar refractivity (Wildman–Crippen MR) is 157 cm³/mol. The van der Waals surface area contributed by atoms with Gasteiger partial charge in [0.2, 0.25) is 0 Å². The predicted octanol–water partition coefficient (Wildman–Crippen LogP) is 8.75. The molecule has 2 aromatic carbocycles. The smallest absolute Gasteiger partial charge is 0.312 e. The number of aliphatic imine (C=N–C) groups is 2. The number of nitrogens with zero attached hydrogens (tertiary/aromatic N) is 2. The van der Waals surface area contributed by atoms with E-state index in [0.29, 0.717) is 5.56 Å². The van der Waals surface area contributed by atoms with E-state index in [0.717, 1.165) is 41.5 Å². The van der Waals surface area contributed by atoms with Crippen LogP contribution in [0.15, 0.2) is 65.6 Å². The van der Waals surface area contributed by atoms with Gasteiger partial charge in [0.15, 0.2) is 5.78 Å². The van der Waals surface area contributed by atoms with Gasteiger partial charge < -0.3 is 9.73 Å². The van der Waals surface area contributed by atoms with E-state index < -0.39 is 12.3 Å². The standard InChI is InChI=1S/C14H18O.C13H15F2NO.C2H5N.C2H6/c1-5-6-12-7-8-13(10(2)3)9-14(12)11(4)15;1-4-10-5-7-11(8-6-10)9(2)17-13(16-3)12(14)15;1-3-2;1-2/h7-9H,2,5-6H2,1,3-4H3;5-8,12H,2,4H2,1,3H3;1H2,2H3;1-2H3. The lowest BCUT2D eigenvalue weighted by molar-refractivity contribution is 0.101. The quantitative estimate of drug-likeness (QED) is 0.153. The zero-order chi connectivity index (χ0) is 29.0. The maximum absolute atomic E-state index is 12.4. The summed E-state index contributed by atoms with van der Waals surface area (Å²) in [5.74, 6) is -0.301. The highest BCUT2D eigenvalue weighted by molar-refractivity contribution is 5.96. The fraction of sp³-hybridized carbons (Fsp3) is 0.387. The van der Waals surface area contributed by atoms with Gasteiger partial charge in [0.05, 0.1) is 0 Å². The Morgan fingerprint density at radius 1 is 0.973 bits per heavy atom. The number of hydrogen-bond acceptors (Lipinski definition) is 4. The van der Waals surface area contributed by atoms with Crippen LogP contribution in [0.2, 0.25) is 0 Å². The molecule has 0 aromatic heterocycles. The van der Waals surface area contributed by atoms with Crippen LogP contribution < -0.4 is 0 Å². The van der Waals surface area contributed by atoms with E-state index in [1.165, 1.54) is 12.6 Å². The summed E-state index contributed by atoms with van der Waals surface area (Å²) in [6.07, 6.45) is 0.219. The summed E-state index contributed by atoms with van der Waals surface area (Å²) in [5, 5.41) is 0. The molecule has 0 aliphatic heterocycles. The molecule has 0 saturated heterocycles. The highest BCUT2D eigenvalue weighted by Gasteiger charge is 2.16. The van der Waals surface area contributed by atoms with Gasteiger partial charge in [0.25, 0.3) is 5.90 Å². The molecule has 0 aliphatic rings. The van der Waals surface area contributed by atoms with Crippen molar-refractivity contribution in [3.05, 3.63) is 83.4 Å². The Labute approximate surface area is 222 Å². The van der Waals surface area contributed by atoms with Crippen molar-refractivity contribution < 1.29 is 18.3 Å². The van der Waals surface area contributed by atoms with E-state index >= 15 is 0 Å². The summed E-state index contributed by atoms with van der Waals surface area (Å²) in [6, 6.07) is 13.4. The fourth-order valence-corrected chi connectivity index (χ4v) is 2.96. The molecule has 0 heterocycles. The summed E-state index contributed by atoms with van der Waals surface area (Å²) in [7, 11) is 2.90. The molecule has 0 fully saturated rings. The number of benzene rings is 2. The van der Waals surface area contributed by atoms with Crippen LogP contribution in [0.25, 0.3) is 11.3 Å². The molecular formula is C31H44F2N2O2. The van der Waals surface area contributed by atoms with Crippen LogP contribution in [0.5, 0.6) is 0 Å². The minimum Gasteiger partial charge on any atom is -0.438 e. The van der Waals surface area contributed by atoms with Gasteiger partial charge in [-0.3, -0.25) is 9.79 Å². The molecule has 0 bridgehead atoms. The largest absolute Gasteiger partial charge is 0.438 e. The van der Waals surface area contributed by atoms with Crippen LogP contribution in [-0.4, -0.2) is 38.9 Å². The molecule has 0 radical (unpaired) electrons. The summed E-state index contributed by atoms with van der Waals surface area (Å²) >= 11 is 0. The molecule has 6 heteroatoms. The molecule has 204 valence electrons. The van der Waals surface area contributed by atoms with Crippen molar-refractivity contribution in [2.75, 3.05) is 14.1 Å².